The quantitative estimate of drug-likeness (QED) is 0.137. The number of carbonyl (C=O) groups excluding carboxylic acids is 6. The van der Waals surface area contributed by atoms with Crippen LogP contribution in [0.4, 0.5) is 4.79 Å². The molecule has 0 aliphatic heterocycles. The van der Waals surface area contributed by atoms with Crippen molar-refractivity contribution >= 4 is 35.7 Å². The number of methoxy groups -OCH3 is 1. The molecule has 0 heterocycles. The van der Waals surface area contributed by atoms with Crippen molar-refractivity contribution in [3.63, 3.8) is 0 Å². The first kappa shape index (κ1) is 47.0. The van der Waals surface area contributed by atoms with Gasteiger partial charge in [-0.05, 0) is 69.3 Å². The average molecular weight is 772 g/mol. The van der Waals surface area contributed by atoms with E-state index in [2.05, 4.69) is 21.3 Å². The zero-order valence-electron chi connectivity index (χ0n) is 35.2. The summed E-state index contributed by atoms with van der Waals surface area (Å²) >= 11 is 0. The van der Waals surface area contributed by atoms with E-state index in [4.69, 9.17) is 9.47 Å². The first-order valence-electron chi connectivity index (χ1n) is 20.0. The van der Waals surface area contributed by atoms with Gasteiger partial charge in [0.25, 0.3) is 0 Å². The van der Waals surface area contributed by atoms with Gasteiger partial charge in [-0.3, -0.25) is 19.2 Å². The molecule has 1 aliphatic rings. The standard InChI is InChI=1S/C42H69N5O8/c1-26(2)22-31(36(48)45-34(40(52)54-11)25-30-20-16-13-17-21-30)43-38(50)35(28(5)6)47(10)39(51)33(24-29-18-14-12-15-19-29)44-37(49)32(23-27(3)4)46-41(53)55-42(7,8)9/h13,16-17,20-21,26-29,31-35H,12,14-15,18-19,22-25H2,1-11H3,(H,43,50)(H,44,49)(H,45,48)(H,46,53)/t31-,32-,33-,34-,35+/m0/s1. The maximum absolute atomic E-state index is 14.5. The Morgan fingerprint density at radius 2 is 1.24 bits per heavy atom. The molecular weight excluding hydrogens is 702 g/mol. The van der Waals surface area contributed by atoms with Crippen LogP contribution in [0.25, 0.3) is 0 Å². The zero-order chi connectivity index (χ0) is 41.5. The minimum absolute atomic E-state index is 0.00164. The number of ether oxygens (including phenoxy) is 2. The molecule has 0 bridgehead atoms. The number of alkyl carbamates (subject to hydrolysis) is 1. The lowest BCUT2D eigenvalue weighted by atomic mass is 9.84. The smallest absolute Gasteiger partial charge is 0.408 e. The zero-order valence-corrected chi connectivity index (χ0v) is 35.2. The Hall–Kier alpha value is -4.16. The second-order valence-electron chi connectivity index (χ2n) is 17.2. The molecule has 55 heavy (non-hydrogen) atoms. The van der Waals surface area contributed by atoms with Crippen LogP contribution < -0.4 is 21.3 Å². The number of esters is 1. The molecular formula is C42H69N5O8. The summed E-state index contributed by atoms with van der Waals surface area (Å²) in [6.07, 6.45) is 5.49. The largest absolute Gasteiger partial charge is 0.467 e. The summed E-state index contributed by atoms with van der Waals surface area (Å²) in [6.45, 7) is 16.6. The number of rotatable bonds is 19. The first-order chi connectivity index (χ1) is 25.7. The summed E-state index contributed by atoms with van der Waals surface area (Å²) in [7, 11) is 2.80. The third-order valence-corrected chi connectivity index (χ3v) is 9.71. The van der Waals surface area contributed by atoms with Gasteiger partial charge >= 0.3 is 12.1 Å². The Kier molecular flexibility index (Phi) is 19.1. The summed E-state index contributed by atoms with van der Waals surface area (Å²) in [5.41, 5.74) is 0.0612. The van der Waals surface area contributed by atoms with Crippen LogP contribution in [0, 0.1) is 23.7 Å². The second-order valence-corrected chi connectivity index (χ2v) is 17.2. The lowest BCUT2D eigenvalue weighted by Crippen LogP contribution is -2.60. The minimum atomic E-state index is -1.01. The van der Waals surface area contributed by atoms with E-state index < -0.39 is 71.5 Å². The van der Waals surface area contributed by atoms with Gasteiger partial charge in [-0.2, -0.15) is 0 Å². The highest BCUT2D eigenvalue weighted by molar-refractivity contribution is 5.96. The van der Waals surface area contributed by atoms with Crippen molar-refractivity contribution in [3.8, 4) is 0 Å². The number of hydrogen-bond donors (Lipinski definition) is 4. The van der Waals surface area contributed by atoms with E-state index in [1.165, 1.54) is 12.0 Å². The molecule has 0 radical (unpaired) electrons. The number of nitrogens with one attached hydrogen (secondary N) is 4. The van der Waals surface area contributed by atoms with Gasteiger partial charge in [-0.25, -0.2) is 9.59 Å². The summed E-state index contributed by atoms with van der Waals surface area (Å²) in [5, 5.41) is 11.3. The molecule has 5 amide bonds. The van der Waals surface area contributed by atoms with Gasteiger partial charge in [0.1, 0.15) is 35.8 Å². The maximum atomic E-state index is 14.5. The van der Waals surface area contributed by atoms with Crippen LogP contribution in [0.3, 0.4) is 0 Å². The third kappa shape index (κ3) is 16.6. The van der Waals surface area contributed by atoms with Crippen molar-refractivity contribution in [2.75, 3.05) is 14.2 Å². The third-order valence-electron chi connectivity index (χ3n) is 9.71. The fourth-order valence-corrected chi connectivity index (χ4v) is 7.13. The van der Waals surface area contributed by atoms with Crippen molar-refractivity contribution < 1.29 is 38.2 Å². The molecule has 2 rings (SSSR count). The summed E-state index contributed by atoms with van der Waals surface area (Å²) < 4.78 is 10.4. The van der Waals surface area contributed by atoms with Crippen LogP contribution in [0.5, 0.6) is 0 Å². The second kappa shape index (κ2) is 22.4. The molecule has 1 saturated carbocycles. The van der Waals surface area contributed by atoms with Crippen molar-refractivity contribution in [1.82, 2.24) is 26.2 Å². The van der Waals surface area contributed by atoms with E-state index >= 15 is 0 Å². The molecule has 0 unspecified atom stereocenters. The molecule has 0 saturated heterocycles. The average Bonchev–Trinajstić information content (AvgIpc) is 3.09. The van der Waals surface area contributed by atoms with Crippen LogP contribution >= 0.6 is 0 Å². The number of amides is 5. The van der Waals surface area contributed by atoms with Gasteiger partial charge in [0.15, 0.2) is 0 Å². The van der Waals surface area contributed by atoms with Crippen molar-refractivity contribution in [1.29, 1.82) is 0 Å². The highest BCUT2D eigenvalue weighted by atomic mass is 16.6. The molecule has 1 fully saturated rings. The molecule has 1 aromatic rings. The van der Waals surface area contributed by atoms with Crippen LogP contribution in [-0.4, -0.2) is 90.6 Å². The number of benzene rings is 1. The fraction of sp³-hybridized carbons (Fsp3) is 0.714. The predicted octanol–water partition coefficient (Wildman–Crippen LogP) is 5.30. The molecule has 5 atom stereocenters. The van der Waals surface area contributed by atoms with Gasteiger partial charge in [-0.1, -0.05) is 104 Å². The van der Waals surface area contributed by atoms with Crippen molar-refractivity contribution in [2.45, 2.75) is 156 Å². The normalized spacial score (nSPS) is 16.3. The van der Waals surface area contributed by atoms with Gasteiger partial charge in [0, 0.05) is 13.5 Å². The lowest BCUT2D eigenvalue weighted by molar-refractivity contribution is -0.146. The summed E-state index contributed by atoms with van der Waals surface area (Å²) in [4.78, 5) is 83.1. The van der Waals surface area contributed by atoms with Gasteiger partial charge in [0.2, 0.25) is 23.6 Å². The molecule has 13 nitrogen and oxygen atoms in total. The Morgan fingerprint density at radius 1 is 0.727 bits per heavy atom. The van der Waals surface area contributed by atoms with Crippen molar-refractivity contribution in [2.24, 2.45) is 23.7 Å². The van der Waals surface area contributed by atoms with Crippen LogP contribution in [-0.2, 0) is 39.9 Å². The fourth-order valence-electron chi connectivity index (χ4n) is 7.13. The first-order valence-corrected chi connectivity index (χ1v) is 20.0. The van der Waals surface area contributed by atoms with E-state index in [9.17, 15) is 28.8 Å². The lowest BCUT2D eigenvalue weighted by Gasteiger charge is -2.36. The minimum Gasteiger partial charge on any atom is -0.467 e. The van der Waals surface area contributed by atoms with Gasteiger partial charge in [0.05, 0.1) is 7.11 Å². The molecule has 1 aliphatic carbocycles. The van der Waals surface area contributed by atoms with E-state index in [1.807, 2.05) is 71.9 Å². The van der Waals surface area contributed by atoms with E-state index in [0.29, 0.717) is 12.8 Å². The Labute approximate surface area is 329 Å². The summed E-state index contributed by atoms with van der Waals surface area (Å²) in [5.74, 6) is -2.75. The Bertz CT molecular complexity index is 1400. The molecule has 1 aromatic carbocycles. The summed E-state index contributed by atoms with van der Waals surface area (Å²) in [6, 6.07) is 4.35. The Morgan fingerprint density at radius 3 is 1.73 bits per heavy atom. The van der Waals surface area contributed by atoms with Crippen LogP contribution in [0.1, 0.15) is 119 Å². The number of nitrogens with zero attached hydrogens (tertiary/aromatic N) is 1. The molecule has 4 N–H and O–H groups in total. The SMILES string of the molecule is COC(=O)[C@H](Cc1ccccc1)NC(=O)[C@H](CC(C)C)NC(=O)[C@@H](C(C)C)N(C)C(=O)[C@H](CC1CCCCC1)NC(=O)[C@H](CC(C)C)NC(=O)OC(C)(C)C. The predicted molar refractivity (Wildman–Crippen MR) is 213 cm³/mol. The number of likely N-dealkylation sites (N-methyl/N-ethyl adjacent to an activating group) is 1. The van der Waals surface area contributed by atoms with Crippen LogP contribution in [0.2, 0.25) is 0 Å². The molecule has 0 aromatic heterocycles. The highest BCUT2D eigenvalue weighted by Crippen LogP contribution is 2.28. The van der Waals surface area contributed by atoms with Crippen LogP contribution in [0.15, 0.2) is 30.3 Å². The molecule has 0 spiro atoms. The topological polar surface area (TPSA) is 172 Å². The van der Waals surface area contributed by atoms with Crippen molar-refractivity contribution in [3.05, 3.63) is 35.9 Å². The molecule has 13 heteroatoms. The Balaban J connectivity index is 2.36. The van der Waals surface area contributed by atoms with Gasteiger partial charge < -0.3 is 35.6 Å². The number of hydrogen-bond acceptors (Lipinski definition) is 8. The number of carbonyl (C=O) groups is 6. The monoisotopic (exact) mass is 772 g/mol. The highest BCUT2D eigenvalue weighted by Gasteiger charge is 2.38. The van der Waals surface area contributed by atoms with E-state index in [0.717, 1.165) is 37.7 Å². The molecule has 310 valence electrons. The van der Waals surface area contributed by atoms with E-state index in [-0.39, 0.29) is 36.5 Å². The van der Waals surface area contributed by atoms with E-state index in [1.54, 1.807) is 27.8 Å². The van der Waals surface area contributed by atoms with Gasteiger partial charge in [-0.15, -0.1) is 0 Å². The maximum Gasteiger partial charge on any atom is 0.408 e.